The molecule has 52 heavy (non-hydrogen) atoms. The molecule has 0 aliphatic heterocycles. The summed E-state index contributed by atoms with van der Waals surface area (Å²) >= 11 is 0. The standard InChI is InChI=1S/C49H29NO2/c1-2-11-33(12-3-1)45-47-36-13-4-7-17-40(36)50-49(39(47)29-44-48(45)38-15-6-9-19-42(38)52-44)34-27-23-31(24-28-34)30-21-25-32(26-22-30)35-16-10-20-43-46(35)37-14-5-8-18-41(37)51-43/h1-29H. The van der Waals surface area contributed by atoms with Crippen molar-refractivity contribution >= 4 is 65.6 Å². The zero-order chi connectivity index (χ0) is 34.2. The highest BCUT2D eigenvalue weighted by atomic mass is 16.3. The average Bonchev–Trinajstić information content (AvgIpc) is 3.79. The predicted octanol–water partition coefficient (Wildman–Crippen LogP) is 13.9. The van der Waals surface area contributed by atoms with Crippen LogP contribution in [0.4, 0.5) is 0 Å². The summed E-state index contributed by atoms with van der Waals surface area (Å²) < 4.78 is 12.7. The van der Waals surface area contributed by atoms with Crippen LogP contribution in [0.5, 0.6) is 0 Å². The molecule has 242 valence electrons. The first-order chi connectivity index (χ1) is 25.8. The van der Waals surface area contributed by atoms with Crippen molar-refractivity contribution in [1.29, 1.82) is 0 Å². The zero-order valence-electron chi connectivity index (χ0n) is 28.0. The van der Waals surface area contributed by atoms with E-state index in [1.807, 2.05) is 24.3 Å². The monoisotopic (exact) mass is 663 g/mol. The Balaban J connectivity index is 1.06. The molecule has 11 aromatic rings. The molecule has 8 aromatic carbocycles. The van der Waals surface area contributed by atoms with Gasteiger partial charge in [0.05, 0.1) is 11.2 Å². The second kappa shape index (κ2) is 11.3. The summed E-state index contributed by atoms with van der Waals surface area (Å²) in [6.45, 7) is 0. The van der Waals surface area contributed by atoms with Gasteiger partial charge >= 0.3 is 0 Å². The molecule has 0 N–H and O–H groups in total. The number of aromatic nitrogens is 1. The average molecular weight is 664 g/mol. The smallest absolute Gasteiger partial charge is 0.136 e. The Labute approximate surface area is 299 Å². The maximum atomic E-state index is 6.55. The van der Waals surface area contributed by atoms with Crippen molar-refractivity contribution in [2.45, 2.75) is 0 Å². The number of pyridine rings is 1. The fraction of sp³-hybridized carbons (Fsp3) is 0. The number of hydrogen-bond donors (Lipinski definition) is 0. The van der Waals surface area contributed by atoms with E-state index >= 15 is 0 Å². The Hall–Kier alpha value is -6.97. The minimum atomic E-state index is 0.863. The SMILES string of the molecule is c1ccc(-c2c3c(cc4c(-c5ccc(-c6ccc(-c7cccc8oc9ccccc9c78)cc6)cc5)nc5ccccc5c24)oc2ccccc23)cc1. The minimum absolute atomic E-state index is 0.863. The number of benzene rings is 8. The van der Waals surface area contributed by atoms with Gasteiger partial charge in [-0.15, -0.1) is 0 Å². The second-order valence-electron chi connectivity index (χ2n) is 13.4. The molecule has 3 heteroatoms. The molecule has 0 saturated carbocycles. The van der Waals surface area contributed by atoms with Crippen molar-refractivity contribution < 1.29 is 8.83 Å². The van der Waals surface area contributed by atoms with Gasteiger partial charge in [0.1, 0.15) is 22.3 Å². The number of furan rings is 2. The van der Waals surface area contributed by atoms with Crippen LogP contribution in [0.3, 0.4) is 0 Å². The summed E-state index contributed by atoms with van der Waals surface area (Å²) in [5.41, 5.74) is 13.5. The van der Waals surface area contributed by atoms with Crippen LogP contribution in [-0.4, -0.2) is 4.98 Å². The first kappa shape index (κ1) is 28.8. The molecule has 3 nitrogen and oxygen atoms in total. The van der Waals surface area contributed by atoms with Crippen LogP contribution < -0.4 is 0 Å². The molecule has 0 amide bonds. The molecule has 3 aromatic heterocycles. The second-order valence-corrected chi connectivity index (χ2v) is 13.4. The van der Waals surface area contributed by atoms with Crippen molar-refractivity contribution in [2.75, 3.05) is 0 Å². The highest BCUT2D eigenvalue weighted by Gasteiger charge is 2.21. The van der Waals surface area contributed by atoms with Gasteiger partial charge in [0.15, 0.2) is 0 Å². The minimum Gasteiger partial charge on any atom is -0.456 e. The van der Waals surface area contributed by atoms with Gasteiger partial charge in [-0.25, -0.2) is 4.98 Å². The third-order valence-electron chi connectivity index (χ3n) is 10.5. The van der Waals surface area contributed by atoms with Gasteiger partial charge in [-0.05, 0) is 58.1 Å². The van der Waals surface area contributed by atoms with E-state index < -0.39 is 0 Å². The van der Waals surface area contributed by atoms with E-state index in [9.17, 15) is 0 Å². The van der Waals surface area contributed by atoms with Gasteiger partial charge in [-0.2, -0.15) is 0 Å². The molecule has 0 bridgehead atoms. The van der Waals surface area contributed by atoms with E-state index in [-0.39, 0.29) is 0 Å². The van der Waals surface area contributed by atoms with Crippen LogP contribution in [0.25, 0.3) is 110 Å². The van der Waals surface area contributed by atoms with Crippen LogP contribution >= 0.6 is 0 Å². The fourth-order valence-corrected chi connectivity index (χ4v) is 8.11. The third kappa shape index (κ3) is 4.36. The maximum Gasteiger partial charge on any atom is 0.136 e. The largest absolute Gasteiger partial charge is 0.456 e. The van der Waals surface area contributed by atoms with Gasteiger partial charge < -0.3 is 8.83 Å². The van der Waals surface area contributed by atoms with E-state index in [1.165, 1.54) is 16.5 Å². The Morgan fingerprint density at radius 3 is 1.62 bits per heavy atom. The summed E-state index contributed by atoms with van der Waals surface area (Å²) in [5, 5.41) is 7.93. The fourth-order valence-electron chi connectivity index (χ4n) is 8.11. The van der Waals surface area contributed by atoms with Gasteiger partial charge in [0.25, 0.3) is 0 Å². The van der Waals surface area contributed by atoms with Crippen molar-refractivity contribution in [3.8, 4) is 44.6 Å². The number of hydrogen-bond acceptors (Lipinski definition) is 3. The number of rotatable bonds is 4. The van der Waals surface area contributed by atoms with E-state index in [0.29, 0.717) is 0 Å². The lowest BCUT2D eigenvalue weighted by Crippen LogP contribution is -1.93. The maximum absolute atomic E-state index is 6.55. The molecule has 0 aliphatic carbocycles. The molecule has 3 heterocycles. The summed E-state index contributed by atoms with van der Waals surface area (Å²) in [6, 6.07) is 61.9. The molecule has 0 aliphatic rings. The quantitative estimate of drug-likeness (QED) is 0.176. The van der Waals surface area contributed by atoms with Gasteiger partial charge in [-0.3, -0.25) is 0 Å². The first-order valence-corrected chi connectivity index (χ1v) is 17.6. The van der Waals surface area contributed by atoms with Crippen LogP contribution in [0.2, 0.25) is 0 Å². The molecule has 0 atom stereocenters. The van der Waals surface area contributed by atoms with Crippen molar-refractivity contribution in [3.05, 3.63) is 176 Å². The molecule has 0 fully saturated rings. The predicted molar refractivity (Wildman–Crippen MR) is 216 cm³/mol. The Morgan fingerprint density at radius 1 is 0.327 bits per heavy atom. The summed E-state index contributed by atoms with van der Waals surface area (Å²) in [5.74, 6) is 0. The summed E-state index contributed by atoms with van der Waals surface area (Å²) in [7, 11) is 0. The highest BCUT2D eigenvalue weighted by Crippen LogP contribution is 2.46. The lowest BCUT2D eigenvalue weighted by molar-refractivity contribution is 0.669. The highest BCUT2D eigenvalue weighted by molar-refractivity contribution is 6.27. The van der Waals surface area contributed by atoms with Crippen molar-refractivity contribution in [1.82, 2.24) is 4.98 Å². The Kier molecular flexibility index (Phi) is 6.25. The molecular formula is C49H29NO2. The summed E-state index contributed by atoms with van der Waals surface area (Å²) in [4.78, 5) is 5.31. The zero-order valence-corrected chi connectivity index (χ0v) is 28.0. The molecule has 0 saturated heterocycles. The number of para-hydroxylation sites is 3. The van der Waals surface area contributed by atoms with E-state index in [4.69, 9.17) is 13.8 Å². The van der Waals surface area contributed by atoms with Gasteiger partial charge in [-0.1, -0.05) is 146 Å². The number of fused-ring (bicyclic) bond motifs is 9. The van der Waals surface area contributed by atoms with E-state index in [0.717, 1.165) is 93.7 Å². The molecule has 0 spiro atoms. The molecule has 0 radical (unpaired) electrons. The summed E-state index contributed by atoms with van der Waals surface area (Å²) in [6.07, 6.45) is 0. The number of nitrogens with zero attached hydrogens (tertiary/aromatic N) is 1. The topological polar surface area (TPSA) is 39.2 Å². The normalized spacial score (nSPS) is 11.8. The van der Waals surface area contributed by atoms with Crippen LogP contribution in [0.1, 0.15) is 0 Å². The van der Waals surface area contributed by atoms with E-state index in [1.54, 1.807) is 0 Å². The lowest BCUT2D eigenvalue weighted by Gasteiger charge is -2.16. The van der Waals surface area contributed by atoms with Crippen LogP contribution in [-0.2, 0) is 0 Å². The van der Waals surface area contributed by atoms with Crippen molar-refractivity contribution in [2.24, 2.45) is 0 Å². The van der Waals surface area contributed by atoms with Gasteiger partial charge in [0, 0.05) is 48.8 Å². The third-order valence-corrected chi connectivity index (χ3v) is 10.5. The Bertz CT molecular complexity index is 3150. The van der Waals surface area contributed by atoms with Crippen molar-refractivity contribution in [3.63, 3.8) is 0 Å². The lowest BCUT2D eigenvalue weighted by atomic mass is 9.89. The first-order valence-electron chi connectivity index (χ1n) is 17.6. The molecular weight excluding hydrogens is 635 g/mol. The molecule has 0 unspecified atom stereocenters. The van der Waals surface area contributed by atoms with Gasteiger partial charge in [0.2, 0.25) is 0 Å². The van der Waals surface area contributed by atoms with Crippen LogP contribution in [0.15, 0.2) is 185 Å². The Morgan fingerprint density at radius 2 is 0.885 bits per heavy atom. The molecule has 11 rings (SSSR count). The van der Waals surface area contributed by atoms with E-state index in [2.05, 4.69) is 152 Å². The van der Waals surface area contributed by atoms with Crippen LogP contribution in [0, 0.1) is 0 Å².